The number of aliphatic hydroxyl groups is 1. The van der Waals surface area contributed by atoms with E-state index in [9.17, 15) is 24.3 Å². The quantitative estimate of drug-likeness (QED) is 0.0826. The molecule has 1 aromatic heterocycles. The maximum absolute atomic E-state index is 14.1. The molecule has 0 aliphatic heterocycles. The van der Waals surface area contributed by atoms with Crippen LogP contribution < -0.4 is 21.3 Å². The molecule has 3 unspecified atom stereocenters. The lowest BCUT2D eigenvalue weighted by molar-refractivity contribution is -0.131. The first-order valence-electron chi connectivity index (χ1n) is 18.0. The number of hydrogen-bond donors (Lipinski definition) is 6. The van der Waals surface area contributed by atoms with E-state index in [4.69, 9.17) is 4.74 Å². The van der Waals surface area contributed by atoms with Gasteiger partial charge in [-0.3, -0.25) is 14.4 Å². The van der Waals surface area contributed by atoms with E-state index in [1.807, 2.05) is 100 Å². The summed E-state index contributed by atoms with van der Waals surface area (Å²) in [4.78, 5) is 60.9. The van der Waals surface area contributed by atoms with Crippen LogP contribution in [-0.4, -0.2) is 69.7 Å². The van der Waals surface area contributed by atoms with Gasteiger partial charge in [-0.25, -0.2) is 9.78 Å². The van der Waals surface area contributed by atoms with Crippen LogP contribution in [0.2, 0.25) is 0 Å². The van der Waals surface area contributed by atoms with Crippen LogP contribution in [0.1, 0.15) is 63.8 Å². The number of carbonyl (C=O) groups is 4. The van der Waals surface area contributed by atoms with E-state index in [2.05, 4.69) is 31.2 Å². The fourth-order valence-corrected chi connectivity index (χ4v) is 5.84. The minimum absolute atomic E-state index is 0.00928. The molecule has 278 valence electrons. The highest BCUT2D eigenvalue weighted by atomic mass is 16.5. The van der Waals surface area contributed by atoms with Gasteiger partial charge in [-0.1, -0.05) is 107 Å². The smallest absolute Gasteiger partial charge is 0.408 e. The van der Waals surface area contributed by atoms with Crippen LogP contribution in [0.15, 0.2) is 85.3 Å². The normalized spacial score (nSPS) is 14.1. The predicted octanol–water partition coefficient (Wildman–Crippen LogP) is 4.57. The summed E-state index contributed by atoms with van der Waals surface area (Å²) in [6, 6.07) is 19.7. The van der Waals surface area contributed by atoms with Crippen molar-refractivity contribution in [2.45, 2.75) is 90.6 Å². The fourth-order valence-electron chi connectivity index (χ4n) is 5.84. The number of aromatic nitrogens is 2. The van der Waals surface area contributed by atoms with Crippen molar-refractivity contribution in [3.63, 3.8) is 0 Å². The van der Waals surface area contributed by atoms with Crippen molar-refractivity contribution < 1.29 is 29.0 Å². The minimum Gasteiger partial charge on any atom is -0.445 e. The van der Waals surface area contributed by atoms with Gasteiger partial charge in [0.2, 0.25) is 17.7 Å². The first kappa shape index (κ1) is 39.6. The number of carbonyl (C=O) groups excluding carboxylic acids is 4. The first-order valence-corrected chi connectivity index (χ1v) is 18.0. The number of fused-ring (bicyclic) bond motifs is 1. The third-order valence-electron chi connectivity index (χ3n) is 8.99. The molecule has 3 aromatic carbocycles. The SMILES string of the molecule is CCC(C)CNC(=O)CC(O)C(CC(C)C)NC(=O)[C@@H](Cc1cnc[nH]1)NC(=O)[C@H](Cc1cccc2ccccc12)NC(=O)OCc1ccccc1. The van der Waals surface area contributed by atoms with Crippen molar-refractivity contribution in [3.05, 3.63) is 102 Å². The van der Waals surface area contributed by atoms with Gasteiger partial charge >= 0.3 is 6.09 Å². The Kier molecular flexibility index (Phi) is 15.2. The summed E-state index contributed by atoms with van der Waals surface area (Å²) >= 11 is 0. The van der Waals surface area contributed by atoms with E-state index >= 15 is 0 Å². The molecule has 12 nitrogen and oxygen atoms in total. The van der Waals surface area contributed by atoms with Crippen LogP contribution in [0.25, 0.3) is 10.8 Å². The Hall–Kier alpha value is -5.23. The van der Waals surface area contributed by atoms with Crippen LogP contribution >= 0.6 is 0 Å². The number of imidazole rings is 1. The highest BCUT2D eigenvalue weighted by Gasteiger charge is 2.32. The summed E-state index contributed by atoms with van der Waals surface area (Å²) < 4.78 is 5.47. The zero-order chi connectivity index (χ0) is 37.5. The zero-order valence-corrected chi connectivity index (χ0v) is 30.4. The number of aromatic amines is 1. The van der Waals surface area contributed by atoms with Gasteiger partial charge in [0.25, 0.3) is 0 Å². The monoisotopic (exact) mass is 712 g/mol. The Balaban J connectivity index is 1.54. The molecule has 0 bridgehead atoms. The molecule has 0 saturated carbocycles. The number of hydrogen-bond acceptors (Lipinski definition) is 7. The second-order valence-corrected chi connectivity index (χ2v) is 13.8. The third-order valence-corrected chi connectivity index (χ3v) is 8.99. The molecule has 4 aromatic rings. The van der Waals surface area contributed by atoms with Gasteiger partial charge < -0.3 is 36.1 Å². The van der Waals surface area contributed by atoms with Crippen molar-refractivity contribution in [1.29, 1.82) is 0 Å². The number of H-pyrrole nitrogens is 1. The molecule has 0 spiro atoms. The topological polar surface area (TPSA) is 175 Å². The number of nitrogens with zero attached hydrogens (tertiary/aromatic N) is 1. The largest absolute Gasteiger partial charge is 0.445 e. The number of benzene rings is 3. The second kappa shape index (κ2) is 20.0. The average Bonchev–Trinajstić information content (AvgIpc) is 3.65. The van der Waals surface area contributed by atoms with Gasteiger partial charge in [-0.2, -0.15) is 0 Å². The van der Waals surface area contributed by atoms with Gasteiger partial charge in [-0.15, -0.1) is 0 Å². The van der Waals surface area contributed by atoms with Crippen molar-refractivity contribution >= 4 is 34.6 Å². The molecule has 4 amide bonds. The maximum Gasteiger partial charge on any atom is 0.408 e. The van der Waals surface area contributed by atoms with Crippen molar-refractivity contribution in [1.82, 2.24) is 31.2 Å². The van der Waals surface area contributed by atoms with Gasteiger partial charge in [0, 0.05) is 31.3 Å². The lowest BCUT2D eigenvalue weighted by Gasteiger charge is -2.29. The molecule has 52 heavy (non-hydrogen) atoms. The van der Waals surface area contributed by atoms with Crippen LogP contribution in [0.5, 0.6) is 0 Å². The summed E-state index contributed by atoms with van der Waals surface area (Å²) in [5.41, 5.74) is 2.20. The first-order chi connectivity index (χ1) is 25.0. The lowest BCUT2D eigenvalue weighted by atomic mass is 9.96. The highest BCUT2D eigenvalue weighted by Crippen LogP contribution is 2.20. The molecule has 6 N–H and O–H groups in total. The fraction of sp³-hybridized carbons (Fsp3) is 0.425. The molecule has 1 heterocycles. The molecule has 0 saturated heterocycles. The molecule has 5 atom stereocenters. The van der Waals surface area contributed by atoms with Gasteiger partial charge in [-0.05, 0) is 40.2 Å². The van der Waals surface area contributed by atoms with Gasteiger partial charge in [0.15, 0.2) is 0 Å². The van der Waals surface area contributed by atoms with E-state index in [1.54, 1.807) is 6.20 Å². The summed E-state index contributed by atoms with van der Waals surface area (Å²) in [6.07, 6.45) is 2.37. The molecular weight excluding hydrogens is 660 g/mol. The third kappa shape index (κ3) is 12.5. The summed E-state index contributed by atoms with van der Waals surface area (Å²) in [7, 11) is 0. The second-order valence-electron chi connectivity index (χ2n) is 13.8. The predicted molar refractivity (Wildman–Crippen MR) is 200 cm³/mol. The molecule has 0 fully saturated rings. The Morgan fingerprint density at radius 1 is 0.846 bits per heavy atom. The van der Waals surface area contributed by atoms with E-state index in [0.717, 1.165) is 28.3 Å². The number of nitrogens with one attached hydrogen (secondary N) is 5. The summed E-state index contributed by atoms with van der Waals surface area (Å²) in [5.74, 6) is -1.08. The average molecular weight is 713 g/mol. The van der Waals surface area contributed by atoms with Crippen LogP contribution in [0.4, 0.5) is 4.79 Å². The standard InChI is InChI=1S/C40H52N6O6/c1-5-27(4)22-42-37(48)21-36(47)33(18-26(2)3)44-39(50)35(20-31-23-41-25-43-31)45-38(49)34(46-40(51)52-24-28-12-7-6-8-13-28)19-30-16-11-15-29-14-9-10-17-32(29)30/h6-17,23,25-27,33-36,47H,5,18-22,24H2,1-4H3,(H,41,43)(H,42,48)(H,44,50)(H,45,49)(H,46,51)/t27?,33?,34-,35+,36?/m0/s1. The Labute approximate surface area is 305 Å². The highest BCUT2D eigenvalue weighted by molar-refractivity contribution is 5.93. The maximum atomic E-state index is 14.1. The molecule has 0 radical (unpaired) electrons. The molecular formula is C40H52N6O6. The van der Waals surface area contributed by atoms with Crippen LogP contribution in [0.3, 0.4) is 0 Å². The number of aliphatic hydroxyl groups excluding tert-OH is 1. The Morgan fingerprint density at radius 3 is 2.25 bits per heavy atom. The number of rotatable bonds is 19. The molecule has 4 rings (SSSR count). The Morgan fingerprint density at radius 2 is 1.54 bits per heavy atom. The minimum atomic E-state index is -1.16. The van der Waals surface area contributed by atoms with E-state index in [1.165, 1.54) is 6.33 Å². The lowest BCUT2D eigenvalue weighted by Crippen LogP contribution is -2.57. The zero-order valence-electron chi connectivity index (χ0n) is 30.4. The summed E-state index contributed by atoms with van der Waals surface area (Å²) in [6.45, 7) is 8.49. The van der Waals surface area contributed by atoms with Gasteiger partial charge in [0.05, 0.1) is 24.9 Å². The van der Waals surface area contributed by atoms with E-state index in [0.29, 0.717) is 24.6 Å². The van der Waals surface area contributed by atoms with Crippen LogP contribution in [0, 0.1) is 11.8 Å². The summed E-state index contributed by atoms with van der Waals surface area (Å²) in [5, 5.41) is 24.4. The number of ether oxygens (including phenoxy) is 1. The van der Waals surface area contributed by atoms with Crippen molar-refractivity contribution in [2.24, 2.45) is 11.8 Å². The molecule has 12 heteroatoms. The van der Waals surface area contributed by atoms with Gasteiger partial charge in [0.1, 0.15) is 18.7 Å². The Bertz CT molecular complexity index is 1730. The van der Waals surface area contributed by atoms with E-state index < -0.39 is 42.1 Å². The molecule has 0 aliphatic carbocycles. The van der Waals surface area contributed by atoms with E-state index in [-0.39, 0.29) is 37.7 Å². The number of amides is 4. The van der Waals surface area contributed by atoms with Crippen LogP contribution in [-0.2, 0) is 38.6 Å². The molecule has 0 aliphatic rings. The number of alkyl carbamates (subject to hydrolysis) is 1. The van der Waals surface area contributed by atoms with Crippen molar-refractivity contribution in [3.8, 4) is 0 Å². The van der Waals surface area contributed by atoms with Crippen molar-refractivity contribution in [2.75, 3.05) is 6.54 Å².